The van der Waals surface area contributed by atoms with Crippen molar-refractivity contribution in [2.24, 2.45) is 0 Å². The second-order valence-corrected chi connectivity index (χ2v) is 7.32. The van der Waals surface area contributed by atoms with Crippen molar-refractivity contribution in [3.63, 3.8) is 0 Å². The third-order valence-electron chi connectivity index (χ3n) is 3.11. The van der Waals surface area contributed by atoms with Crippen molar-refractivity contribution in [1.29, 1.82) is 0 Å². The van der Waals surface area contributed by atoms with Crippen LogP contribution in [0.3, 0.4) is 0 Å². The molecule has 1 N–H and O–H groups in total. The van der Waals surface area contributed by atoms with E-state index in [1.165, 1.54) is 11.3 Å². The summed E-state index contributed by atoms with van der Waals surface area (Å²) in [6.45, 7) is 3.88. The van der Waals surface area contributed by atoms with Crippen LogP contribution in [0.25, 0.3) is 5.65 Å². The van der Waals surface area contributed by atoms with Crippen LogP contribution in [0.2, 0.25) is 0 Å². The van der Waals surface area contributed by atoms with Gasteiger partial charge in [0, 0.05) is 11.9 Å². The molecule has 0 unspecified atom stereocenters. The van der Waals surface area contributed by atoms with Crippen LogP contribution in [0.15, 0.2) is 40.1 Å². The highest BCUT2D eigenvalue weighted by molar-refractivity contribution is 7.94. The van der Waals surface area contributed by atoms with Crippen LogP contribution in [0.1, 0.15) is 11.4 Å². The lowest BCUT2D eigenvalue weighted by molar-refractivity contribution is 0.603. The Labute approximate surface area is 121 Å². The number of rotatable bonds is 3. The van der Waals surface area contributed by atoms with Crippen molar-refractivity contribution in [3.05, 3.63) is 47.2 Å². The van der Waals surface area contributed by atoms with Gasteiger partial charge >= 0.3 is 0 Å². The SMILES string of the molecule is Cc1nc2ccc(NS(=O)(=O)c3cccs3)cn2c1C. The minimum Gasteiger partial charge on any atom is -0.302 e. The molecule has 5 nitrogen and oxygen atoms in total. The highest BCUT2D eigenvalue weighted by Gasteiger charge is 2.15. The van der Waals surface area contributed by atoms with Gasteiger partial charge in [0.1, 0.15) is 9.86 Å². The lowest BCUT2D eigenvalue weighted by Crippen LogP contribution is -2.11. The number of fused-ring (bicyclic) bond motifs is 1. The number of hydrogen-bond acceptors (Lipinski definition) is 4. The van der Waals surface area contributed by atoms with Crippen molar-refractivity contribution in [2.45, 2.75) is 18.1 Å². The lowest BCUT2D eigenvalue weighted by Gasteiger charge is -2.07. The van der Waals surface area contributed by atoms with Crippen LogP contribution in [0.5, 0.6) is 0 Å². The van der Waals surface area contributed by atoms with E-state index in [1.807, 2.05) is 18.2 Å². The highest BCUT2D eigenvalue weighted by atomic mass is 32.2. The lowest BCUT2D eigenvalue weighted by atomic mass is 10.4. The standard InChI is InChI=1S/C13H13N3O2S2/c1-9-10(2)16-8-11(5-6-12(16)14-9)15-20(17,18)13-4-3-7-19-13/h3-8,15H,1-2H3. The third-order valence-corrected chi connectivity index (χ3v) is 5.89. The second kappa shape index (κ2) is 4.60. The van der Waals surface area contributed by atoms with E-state index >= 15 is 0 Å². The van der Waals surface area contributed by atoms with E-state index in [0.717, 1.165) is 17.0 Å². The van der Waals surface area contributed by atoms with E-state index in [1.54, 1.807) is 35.8 Å². The summed E-state index contributed by atoms with van der Waals surface area (Å²) < 4.78 is 29.1. The third kappa shape index (κ3) is 2.19. The molecule has 0 aliphatic carbocycles. The molecule has 0 atom stereocenters. The molecule has 3 aromatic rings. The Balaban J connectivity index is 2.01. The maximum atomic E-state index is 12.2. The largest absolute Gasteiger partial charge is 0.302 e. The molecule has 3 rings (SSSR count). The van der Waals surface area contributed by atoms with E-state index in [2.05, 4.69) is 9.71 Å². The number of thiophene rings is 1. The number of sulfonamides is 1. The Morgan fingerprint density at radius 2 is 2.05 bits per heavy atom. The van der Waals surface area contributed by atoms with Gasteiger partial charge in [0.05, 0.1) is 11.4 Å². The van der Waals surface area contributed by atoms with E-state index in [0.29, 0.717) is 9.90 Å². The molecule has 0 aliphatic rings. The van der Waals surface area contributed by atoms with Gasteiger partial charge in [0.25, 0.3) is 10.0 Å². The number of pyridine rings is 1. The number of aryl methyl sites for hydroxylation is 2. The van der Waals surface area contributed by atoms with Crippen molar-refractivity contribution in [1.82, 2.24) is 9.38 Å². The summed E-state index contributed by atoms with van der Waals surface area (Å²) in [6.07, 6.45) is 1.75. The fourth-order valence-electron chi connectivity index (χ4n) is 1.96. The van der Waals surface area contributed by atoms with Crippen LogP contribution in [-0.2, 0) is 10.0 Å². The van der Waals surface area contributed by atoms with E-state index < -0.39 is 10.0 Å². The first-order chi connectivity index (χ1) is 9.47. The zero-order valence-corrected chi connectivity index (χ0v) is 12.6. The Kier molecular flexibility index (Phi) is 3.02. The van der Waals surface area contributed by atoms with Crippen molar-refractivity contribution < 1.29 is 8.42 Å². The van der Waals surface area contributed by atoms with Crippen LogP contribution < -0.4 is 4.72 Å². The fraction of sp³-hybridized carbons (Fsp3) is 0.154. The van der Waals surface area contributed by atoms with E-state index in [-0.39, 0.29) is 0 Å². The Hall–Kier alpha value is -1.86. The normalized spacial score (nSPS) is 11.9. The molecule has 20 heavy (non-hydrogen) atoms. The molecule has 0 saturated heterocycles. The van der Waals surface area contributed by atoms with Crippen LogP contribution in [0, 0.1) is 13.8 Å². The van der Waals surface area contributed by atoms with Gasteiger partial charge in [0.15, 0.2) is 0 Å². The van der Waals surface area contributed by atoms with Gasteiger partial charge in [0.2, 0.25) is 0 Å². The molecule has 0 spiro atoms. The van der Waals surface area contributed by atoms with Crippen LogP contribution >= 0.6 is 11.3 Å². The summed E-state index contributed by atoms with van der Waals surface area (Å²) in [5.41, 5.74) is 3.26. The quantitative estimate of drug-likeness (QED) is 0.809. The van der Waals surface area contributed by atoms with Gasteiger partial charge < -0.3 is 4.40 Å². The van der Waals surface area contributed by atoms with Gasteiger partial charge in [-0.05, 0) is 37.4 Å². The first-order valence-electron chi connectivity index (χ1n) is 5.99. The fourth-order valence-corrected chi connectivity index (χ4v) is 4.00. The molecular formula is C13H13N3O2S2. The maximum absolute atomic E-state index is 12.2. The predicted molar refractivity (Wildman–Crippen MR) is 79.8 cm³/mol. The molecule has 0 fully saturated rings. The van der Waals surface area contributed by atoms with E-state index in [4.69, 9.17) is 0 Å². The molecule has 7 heteroatoms. The average Bonchev–Trinajstić information content (AvgIpc) is 3.01. The first-order valence-corrected chi connectivity index (χ1v) is 8.35. The first kappa shape index (κ1) is 13.1. The minimum absolute atomic E-state index is 0.302. The van der Waals surface area contributed by atoms with Gasteiger partial charge in [-0.15, -0.1) is 11.3 Å². The zero-order valence-electron chi connectivity index (χ0n) is 11.0. The second-order valence-electron chi connectivity index (χ2n) is 4.47. The zero-order chi connectivity index (χ0) is 14.3. The number of nitrogens with zero attached hydrogens (tertiary/aromatic N) is 2. The number of imidazole rings is 1. The summed E-state index contributed by atoms with van der Waals surface area (Å²) in [4.78, 5) is 4.39. The summed E-state index contributed by atoms with van der Waals surface area (Å²) in [6, 6.07) is 6.81. The molecule has 104 valence electrons. The topological polar surface area (TPSA) is 63.5 Å². The van der Waals surface area contributed by atoms with Crippen molar-refractivity contribution >= 4 is 32.7 Å². The van der Waals surface area contributed by atoms with Crippen molar-refractivity contribution in [3.8, 4) is 0 Å². The predicted octanol–water partition coefficient (Wildman–Crippen LogP) is 2.81. The van der Waals surface area contributed by atoms with Gasteiger partial charge in [-0.2, -0.15) is 0 Å². The van der Waals surface area contributed by atoms with E-state index in [9.17, 15) is 8.42 Å². The average molecular weight is 307 g/mol. The Morgan fingerprint density at radius 3 is 2.75 bits per heavy atom. The van der Waals surface area contributed by atoms with Crippen molar-refractivity contribution in [2.75, 3.05) is 4.72 Å². The summed E-state index contributed by atoms with van der Waals surface area (Å²) in [5, 5.41) is 1.74. The molecular weight excluding hydrogens is 294 g/mol. The summed E-state index contributed by atoms with van der Waals surface area (Å²) in [5.74, 6) is 0. The molecule has 0 saturated carbocycles. The molecule has 0 aliphatic heterocycles. The maximum Gasteiger partial charge on any atom is 0.271 e. The van der Waals surface area contributed by atoms with Crippen LogP contribution in [-0.4, -0.2) is 17.8 Å². The molecule has 0 amide bonds. The highest BCUT2D eigenvalue weighted by Crippen LogP contribution is 2.21. The van der Waals surface area contributed by atoms with Gasteiger partial charge in [-0.3, -0.25) is 4.72 Å². The number of nitrogens with one attached hydrogen (secondary N) is 1. The number of aromatic nitrogens is 2. The molecule has 0 aromatic carbocycles. The molecule has 0 bridgehead atoms. The number of hydrogen-bond donors (Lipinski definition) is 1. The summed E-state index contributed by atoms with van der Waals surface area (Å²) in [7, 11) is -3.51. The Bertz CT molecular complexity index is 865. The van der Waals surface area contributed by atoms with Gasteiger partial charge in [-0.1, -0.05) is 6.07 Å². The monoisotopic (exact) mass is 307 g/mol. The smallest absolute Gasteiger partial charge is 0.271 e. The van der Waals surface area contributed by atoms with Gasteiger partial charge in [-0.25, -0.2) is 13.4 Å². The molecule has 3 aromatic heterocycles. The number of anilines is 1. The minimum atomic E-state index is -3.51. The Morgan fingerprint density at radius 1 is 1.25 bits per heavy atom. The molecule has 0 radical (unpaired) electrons. The van der Waals surface area contributed by atoms with Crippen LogP contribution in [0.4, 0.5) is 5.69 Å². The summed E-state index contributed by atoms with van der Waals surface area (Å²) >= 11 is 1.19. The molecule has 3 heterocycles.